The number of carbonyl (C=O) groups excluding carboxylic acids is 1. The van der Waals surface area contributed by atoms with E-state index < -0.39 is 0 Å². The number of benzene rings is 3. The van der Waals surface area contributed by atoms with E-state index in [0.29, 0.717) is 0 Å². The van der Waals surface area contributed by atoms with Gasteiger partial charge in [-0.15, -0.1) is 11.8 Å². The van der Waals surface area contributed by atoms with Crippen molar-refractivity contribution in [1.82, 2.24) is 0 Å². The highest BCUT2D eigenvalue weighted by molar-refractivity contribution is 7.99. The van der Waals surface area contributed by atoms with E-state index in [9.17, 15) is 4.79 Å². The molecule has 2 heteroatoms. The molecular formula is C19H16OS. The van der Waals surface area contributed by atoms with Crippen LogP contribution in [0.1, 0.15) is 22.8 Å². The number of thioether (sulfide) groups is 1. The summed E-state index contributed by atoms with van der Waals surface area (Å²) in [6.45, 7) is 2.12. The van der Waals surface area contributed by atoms with E-state index in [0.717, 1.165) is 27.7 Å². The molecule has 0 bridgehead atoms. The fraction of sp³-hybridized carbons (Fsp3) is 0.105. The Morgan fingerprint density at radius 1 is 0.857 bits per heavy atom. The second-order valence-corrected chi connectivity index (χ2v) is 6.19. The van der Waals surface area contributed by atoms with E-state index in [1.54, 1.807) is 11.8 Å². The molecular weight excluding hydrogens is 276 g/mol. The normalized spacial score (nSPS) is 10.7. The largest absolute Gasteiger partial charge is 0.289 e. The highest BCUT2D eigenvalue weighted by atomic mass is 32.2. The van der Waals surface area contributed by atoms with Gasteiger partial charge < -0.3 is 0 Å². The molecule has 3 aromatic rings. The van der Waals surface area contributed by atoms with Crippen molar-refractivity contribution in [1.29, 1.82) is 0 Å². The van der Waals surface area contributed by atoms with Crippen molar-refractivity contribution in [2.24, 2.45) is 0 Å². The zero-order valence-electron chi connectivity index (χ0n) is 11.9. The van der Waals surface area contributed by atoms with E-state index >= 15 is 0 Å². The molecule has 0 saturated carbocycles. The van der Waals surface area contributed by atoms with Gasteiger partial charge in [0.05, 0.1) is 0 Å². The van der Waals surface area contributed by atoms with Gasteiger partial charge in [-0.25, -0.2) is 0 Å². The van der Waals surface area contributed by atoms with Gasteiger partial charge in [-0.05, 0) is 46.9 Å². The molecule has 0 radical (unpaired) electrons. The van der Waals surface area contributed by atoms with Crippen LogP contribution in [0.25, 0.3) is 10.8 Å². The minimum absolute atomic E-state index is 0.0776. The van der Waals surface area contributed by atoms with Gasteiger partial charge in [0.15, 0.2) is 5.78 Å². The first-order valence-electron chi connectivity index (χ1n) is 7.04. The van der Waals surface area contributed by atoms with Crippen LogP contribution in [-0.2, 0) is 0 Å². The van der Waals surface area contributed by atoms with E-state index in [2.05, 4.69) is 13.0 Å². The summed E-state index contributed by atoms with van der Waals surface area (Å²) in [7, 11) is 0. The Hall–Kier alpha value is -2.06. The first kappa shape index (κ1) is 13.9. The number of rotatable bonds is 4. The molecule has 0 unspecified atom stereocenters. The van der Waals surface area contributed by atoms with Crippen molar-refractivity contribution in [3.63, 3.8) is 0 Å². The Balaban J connectivity index is 1.92. The number of fused-ring (bicyclic) bond motifs is 1. The van der Waals surface area contributed by atoms with Crippen molar-refractivity contribution < 1.29 is 4.79 Å². The molecule has 3 aromatic carbocycles. The molecule has 0 amide bonds. The van der Waals surface area contributed by atoms with Crippen LogP contribution in [0.3, 0.4) is 0 Å². The second kappa shape index (κ2) is 6.15. The fourth-order valence-electron chi connectivity index (χ4n) is 2.37. The summed E-state index contributed by atoms with van der Waals surface area (Å²) in [4.78, 5) is 13.8. The topological polar surface area (TPSA) is 17.1 Å². The average molecular weight is 292 g/mol. The van der Waals surface area contributed by atoms with Crippen molar-refractivity contribution in [2.75, 3.05) is 5.75 Å². The molecule has 3 rings (SSSR count). The first-order valence-corrected chi connectivity index (χ1v) is 8.03. The molecule has 0 heterocycles. The summed E-state index contributed by atoms with van der Waals surface area (Å²) < 4.78 is 0. The highest BCUT2D eigenvalue weighted by Crippen LogP contribution is 2.21. The molecule has 0 atom stereocenters. The van der Waals surface area contributed by atoms with Gasteiger partial charge in [0.2, 0.25) is 0 Å². The third-order valence-electron chi connectivity index (χ3n) is 3.44. The maximum atomic E-state index is 12.6. The predicted molar refractivity (Wildman–Crippen MR) is 90.2 cm³/mol. The minimum atomic E-state index is 0.0776. The molecule has 0 N–H and O–H groups in total. The third-order valence-corrected chi connectivity index (χ3v) is 4.33. The Labute approximate surface area is 129 Å². The molecule has 21 heavy (non-hydrogen) atoms. The maximum absolute atomic E-state index is 12.6. The van der Waals surface area contributed by atoms with Crippen molar-refractivity contribution in [3.8, 4) is 0 Å². The molecule has 1 nitrogen and oxygen atoms in total. The Morgan fingerprint density at radius 2 is 1.52 bits per heavy atom. The quantitative estimate of drug-likeness (QED) is 0.486. The summed E-state index contributed by atoms with van der Waals surface area (Å²) in [6, 6.07) is 21.8. The lowest BCUT2D eigenvalue weighted by Crippen LogP contribution is -2.00. The summed E-state index contributed by atoms with van der Waals surface area (Å²) >= 11 is 1.78. The lowest BCUT2D eigenvalue weighted by atomic mass is 10.00. The third kappa shape index (κ3) is 3.01. The van der Waals surface area contributed by atoms with Gasteiger partial charge in [0, 0.05) is 16.0 Å². The SMILES string of the molecule is CCSc1ccc(C(=O)c2ccc3ccccc3c2)cc1. The van der Waals surface area contributed by atoms with Crippen LogP contribution >= 0.6 is 11.8 Å². The fourth-order valence-corrected chi connectivity index (χ4v) is 3.03. The number of hydrogen-bond acceptors (Lipinski definition) is 2. The molecule has 0 aliphatic heterocycles. The molecule has 0 saturated heterocycles. The van der Waals surface area contributed by atoms with Gasteiger partial charge in [-0.2, -0.15) is 0 Å². The Morgan fingerprint density at radius 3 is 2.24 bits per heavy atom. The molecule has 0 aliphatic rings. The van der Waals surface area contributed by atoms with Crippen LogP contribution < -0.4 is 0 Å². The predicted octanol–water partition coefficient (Wildman–Crippen LogP) is 5.18. The van der Waals surface area contributed by atoms with Crippen LogP contribution in [0.2, 0.25) is 0 Å². The summed E-state index contributed by atoms with van der Waals surface area (Å²) in [5.41, 5.74) is 1.48. The van der Waals surface area contributed by atoms with Gasteiger partial charge in [0.1, 0.15) is 0 Å². The van der Waals surface area contributed by atoms with Gasteiger partial charge in [-0.3, -0.25) is 4.79 Å². The van der Waals surface area contributed by atoms with Gasteiger partial charge in [-0.1, -0.05) is 43.3 Å². The number of carbonyl (C=O) groups is 1. The maximum Gasteiger partial charge on any atom is 0.193 e. The lowest BCUT2D eigenvalue weighted by molar-refractivity contribution is 0.103. The van der Waals surface area contributed by atoms with Crippen molar-refractivity contribution >= 4 is 28.3 Å². The van der Waals surface area contributed by atoms with Gasteiger partial charge >= 0.3 is 0 Å². The average Bonchev–Trinajstić information content (AvgIpc) is 2.55. The summed E-state index contributed by atoms with van der Waals surface area (Å²) in [6.07, 6.45) is 0. The zero-order valence-corrected chi connectivity index (χ0v) is 12.7. The lowest BCUT2D eigenvalue weighted by Gasteiger charge is -2.05. The Bertz CT molecular complexity index is 775. The van der Waals surface area contributed by atoms with E-state index in [4.69, 9.17) is 0 Å². The second-order valence-electron chi connectivity index (χ2n) is 4.85. The van der Waals surface area contributed by atoms with E-state index in [1.165, 1.54) is 4.90 Å². The van der Waals surface area contributed by atoms with Crippen LogP contribution in [-0.4, -0.2) is 11.5 Å². The monoisotopic (exact) mass is 292 g/mol. The van der Waals surface area contributed by atoms with Crippen LogP contribution in [0.15, 0.2) is 71.6 Å². The van der Waals surface area contributed by atoms with Crippen LogP contribution in [0.5, 0.6) is 0 Å². The van der Waals surface area contributed by atoms with Crippen LogP contribution in [0.4, 0.5) is 0 Å². The molecule has 0 aromatic heterocycles. The number of ketones is 1. The molecule has 0 fully saturated rings. The zero-order chi connectivity index (χ0) is 14.7. The van der Waals surface area contributed by atoms with E-state index in [1.807, 2.05) is 60.7 Å². The summed E-state index contributed by atoms with van der Waals surface area (Å²) in [5, 5.41) is 2.25. The van der Waals surface area contributed by atoms with Crippen molar-refractivity contribution in [2.45, 2.75) is 11.8 Å². The summed E-state index contributed by atoms with van der Waals surface area (Å²) in [5.74, 6) is 1.12. The Kier molecular flexibility index (Phi) is 4.07. The molecule has 0 spiro atoms. The standard InChI is InChI=1S/C19H16OS/c1-2-21-18-11-9-15(10-12-18)19(20)17-8-7-14-5-3-4-6-16(14)13-17/h3-13H,2H2,1H3. The number of hydrogen-bond donors (Lipinski definition) is 0. The van der Waals surface area contributed by atoms with Crippen molar-refractivity contribution in [3.05, 3.63) is 77.9 Å². The smallest absolute Gasteiger partial charge is 0.193 e. The highest BCUT2D eigenvalue weighted by Gasteiger charge is 2.09. The molecule has 104 valence electrons. The van der Waals surface area contributed by atoms with Gasteiger partial charge in [0.25, 0.3) is 0 Å². The first-order chi connectivity index (χ1) is 10.3. The van der Waals surface area contributed by atoms with Crippen LogP contribution in [0, 0.1) is 0 Å². The van der Waals surface area contributed by atoms with E-state index in [-0.39, 0.29) is 5.78 Å². The molecule has 0 aliphatic carbocycles. The minimum Gasteiger partial charge on any atom is -0.289 e.